The van der Waals surface area contributed by atoms with Crippen LogP contribution in [0, 0.1) is 0 Å². The van der Waals surface area contributed by atoms with Gasteiger partial charge in [-0.25, -0.2) is 9.78 Å². The summed E-state index contributed by atoms with van der Waals surface area (Å²) in [7, 11) is 1.33. The average Bonchev–Trinajstić information content (AvgIpc) is 3.39. The van der Waals surface area contributed by atoms with Crippen LogP contribution in [0.1, 0.15) is 26.3 Å². The summed E-state index contributed by atoms with van der Waals surface area (Å²) in [6.07, 6.45) is 1.59. The number of aromatic nitrogens is 1. The number of amides is 3. The molecule has 0 radical (unpaired) electrons. The van der Waals surface area contributed by atoms with Crippen LogP contribution >= 0.6 is 23.1 Å². The van der Waals surface area contributed by atoms with Gasteiger partial charge in [0.05, 0.1) is 23.3 Å². The quantitative estimate of drug-likeness (QED) is 0.429. The van der Waals surface area contributed by atoms with Crippen LogP contribution in [0.15, 0.2) is 58.8 Å². The van der Waals surface area contributed by atoms with Crippen LogP contribution in [-0.4, -0.2) is 35.1 Å². The van der Waals surface area contributed by atoms with E-state index in [4.69, 9.17) is 0 Å². The monoisotopic (exact) mass is 465 g/mol. The lowest BCUT2D eigenvalue weighted by atomic mass is 10.1. The minimum atomic E-state index is -0.429. The van der Waals surface area contributed by atoms with Crippen molar-refractivity contribution in [3.05, 3.63) is 75.5 Å². The van der Waals surface area contributed by atoms with Gasteiger partial charge in [-0.15, -0.1) is 11.3 Å². The number of hydrogen-bond acceptors (Lipinski definition) is 8. The molecule has 160 valence electrons. The fourth-order valence-corrected chi connectivity index (χ4v) is 4.23. The minimum Gasteiger partial charge on any atom is -0.465 e. The van der Waals surface area contributed by atoms with Gasteiger partial charge in [0.1, 0.15) is 0 Å². The lowest BCUT2D eigenvalue weighted by Gasteiger charge is -2.03. The number of rotatable bonds is 5. The number of carbonyl (C=O) groups excluding carboxylic acids is 4. The molecule has 1 aliphatic heterocycles. The molecule has 4 rings (SSSR count). The van der Waals surface area contributed by atoms with E-state index in [1.165, 1.54) is 18.4 Å². The number of ether oxygens (including phenoxy) is 1. The zero-order valence-corrected chi connectivity index (χ0v) is 18.2. The standard InChI is InChI=1S/C22H15N3O5S2/c1-30-20(28)15-8-6-13(7-9-15)16-11-31-21(23-16)24-18(26)14-4-2-12(3-5-14)10-17-19(27)25-22(29)32-17/h2-11H,1H3,(H,23,24,26)(H,25,27,29)/b17-10+. The summed E-state index contributed by atoms with van der Waals surface area (Å²) < 4.78 is 4.69. The van der Waals surface area contributed by atoms with Crippen LogP contribution in [0.25, 0.3) is 17.3 Å². The van der Waals surface area contributed by atoms with Crippen LogP contribution in [0.2, 0.25) is 0 Å². The zero-order valence-electron chi connectivity index (χ0n) is 16.6. The Morgan fingerprint density at radius 1 is 1.03 bits per heavy atom. The van der Waals surface area contributed by atoms with Gasteiger partial charge < -0.3 is 4.74 Å². The van der Waals surface area contributed by atoms with E-state index >= 15 is 0 Å². The van der Waals surface area contributed by atoms with Crippen molar-refractivity contribution in [3.8, 4) is 11.3 Å². The third-order valence-corrected chi connectivity index (χ3v) is 6.01. The molecule has 0 unspecified atom stereocenters. The molecule has 0 saturated carbocycles. The van der Waals surface area contributed by atoms with E-state index in [1.807, 2.05) is 5.38 Å². The number of thioether (sulfide) groups is 1. The highest BCUT2D eigenvalue weighted by Crippen LogP contribution is 2.27. The first-order valence-electron chi connectivity index (χ1n) is 9.23. The third kappa shape index (κ3) is 4.76. The number of benzene rings is 2. The Bertz CT molecular complexity index is 1250. The summed E-state index contributed by atoms with van der Waals surface area (Å²) in [4.78, 5) is 51.7. The maximum atomic E-state index is 12.5. The second-order valence-corrected chi connectivity index (χ2v) is 8.41. The predicted octanol–water partition coefficient (Wildman–Crippen LogP) is 4.17. The van der Waals surface area contributed by atoms with Gasteiger partial charge in [0, 0.05) is 16.5 Å². The van der Waals surface area contributed by atoms with E-state index in [-0.39, 0.29) is 5.91 Å². The molecule has 1 saturated heterocycles. The summed E-state index contributed by atoms with van der Waals surface area (Å²) in [6, 6.07) is 13.5. The summed E-state index contributed by atoms with van der Waals surface area (Å²) in [5.41, 5.74) is 3.04. The number of methoxy groups -OCH3 is 1. The van der Waals surface area contributed by atoms with Crippen molar-refractivity contribution in [2.75, 3.05) is 12.4 Å². The van der Waals surface area contributed by atoms with Crippen molar-refractivity contribution in [1.82, 2.24) is 10.3 Å². The zero-order chi connectivity index (χ0) is 22.7. The maximum Gasteiger partial charge on any atom is 0.337 e. The number of hydrogen-bond donors (Lipinski definition) is 2. The van der Waals surface area contributed by atoms with E-state index < -0.39 is 17.1 Å². The molecule has 3 amide bonds. The van der Waals surface area contributed by atoms with Crippen molar-refractivity contribution in [2.45, 2.75) is 0 Å². The van der Waals surface area contributed by atoms with Gasteiger partial charge in [0.25, 0.3) is 17.1 Å². The second kappa shape index (κ2) is 9.16. The lowest BCUT2D eigenvalue weighted by Crippen LogP contribution is -2.17. The number of nitrogens with zero attached hydrogens (tertiary/aromatic N) is 1. The number of anilines is 1. The minimum absolute atomic E-state index is 0.308. The maximum absolute atomic E-state index is 12.5. The van der Waals surface area contributed by atoms with E-state index in [0.29, 0.717) is 32.4 Å². The fourth-order valence-electron chi connectivity index (χ4n) is 2.83. The molecule has 0 aliphatic carbocycles. The highest BCUT2D eigenvalue weighted by molar-refractivity contribution is 8.18. The van der Waals surface area contributed by atoms with Gasteiger partial charge in [-0.1, -0.05) is 24.3 Å². The molecular weight excluding hydrogens is 450 g/mol. The largest absolute Gasteiger partial charge is 0.465 e. The predicted molar refractivity (Wildman–Crippen MR) is 122 cm³/mol. The van der Waals surface area contributed by atoms with Gasteiger partial charge >= 0.3 is 5.97 Å². The van der Waals surface area contributed by atoms with Crippen LogP contribution in [-0.2, 0) is 9.53 Å². The van der Waals surface area contributed by atoms with Crippen molar-refractivity contribution in [2.24, 2.45) is 0 Å². The third-order valence-electron chi connectivity index (χ3n) is 4.44. The van der Waals surface area contributed by atoms with Crippen molar-refractivity contribution in [3.63, 3.8) is 0 Å². The molecule has 1 aromatic heterocycles. The van der Waals surface area contributed by atoms with Crippen molar-refractivity contribution in [1.29, 1.82) is 0 Å². The van der Waals surface area contributed by atoms with Gasteiger partial charge in [-0.05, 0) is 47.7 Å². The molecule has 32 heavy (non-hydrogen) atoms. The first-order chi connectivity index (χ1) is 15.4. The van der Waals surface area contributed by atoms with Crippen molar-refractivity contribution >= 4 is 57.3 Å². The Kier molecular flexibility index (Phi) is 6.15. The van der Waals surface area contributed by atoms with Crippen LogP contribution in [0.3, 0.4) is 0 Å². The second-order valence-electron chi connectivity index (χ2n) is 6.54. The molecule has 0 bridgehead atoms. The van der Waals surface area contributed by atoms with Gasteiger partial charge in [0.2, 0.25) is 0 Å². The molecular formula is C22H15N3O5S2. The Morgan fingerprint density at radius 2 is 1.72 bits per heavy atom. The number of nitrogens with one attached hydrogen (secondary N) is 2. The Morgan fingerprint density at radius 3 is 2.34 bits per heavy atom. The number of carbonyl (C=O) groups is 4. The molecule has 8 nitrogen and oxygen atoms in total. The smallest absolute Gasteiger partial charge is 0.337 e. The normalized spacial score (nSPS) is 14.3. The lowest BCUT2D eigenvalue weighted by molar-refractivity contribution is -0.115. The molecule has 0 spiro atoms. The van der Waals surface area contributed by atoms with Gasteiger partial charge in [-0.3, -0.25) is 25.0 Å². The average molecular weight is 466 g/mol. The molecule has 1 fully saturated rings. The van der Waals surface area contributed by atoms with Gasteiger partial charge in [-0.2, -0.15) is 0 Å². The number of thiazole rings is 1. The van der Waals surface area contributed by atoms with Crippen LogP contribution in [0.5, 0.6) is 0 Å². The molecule has 0 atom stereocenters. The van der Waals surface area contributed by atoms with E-state index in [1.54, 1.807) is 54.6 Å². The molecule has 1 aliphatic rings. The molecule has 10 heteroatoms. The molecule has 2 N–H and O–H groups in total. The van der Waals surface area contributed by atoms with Crippen LogP contribution in [0.4, 0.5) is 9.93 Å². The summed E-state index contributed by atoms with van der Waals surface area (Å²) in [5.74, 6) is -1.17. The van der Waals surface area contributed by atoms with E-state index in [0.717, 1.165) is 17.3 Å². The first kappa shape index (κ1) is 21.5. The molecule has 3 aromatic rings. The van der Waals surface area contributed by atoms with E-state index in [2.05, 4.69) is 20.4 Å². The Balaban J connectivity index is 1.42. The highest BCUT2D eigenvalue weighted by atomic mass is 32.2. The SMILES string of the molecule is COC(=O)c1ccc(-c2csc(NC(=O)c3ccc(/C=C4/SC(=O)NC4=O)cc3)n2)cc1. The summed E-state index contributed by atoms with van der Waals surface area (Å²) in [5, 5.41) is 6.79. The first-order valence-corrected chi connectivity index (χ1v) is 10.9. The molecule has 2 heterocycles. The highest BCUT2D eigenvalue weighted by Gasteiger charge is 2.24. The van der Waals surface area contributed by atoms with E-state index in [9.17, 15) is 19.2 Å². The summed E-state index contributed by atoms with van der Waals surface area (Å²) in [6.45, 7) is 0. The van der Waals surface area contributed by atoms with Crippen molar-refractivity contribution < 1.29 is 23.9 Å². The number of esters is 1. The van der Waals surface area contributed by atoms with Gasteiger partial charge in [0.15, 0.2) is 5.13 Å². The number of imide groups is 1. The Labute approximate surface area is 190 Å². The Hall–Kier alpha value is -3.76. The summed E-state index contributed by atoms with van der Waals surface area (Å²) >= 11 is 2.12. The molecule has 2 aromatic carbocycles. The van der Waals surface area contributed by atoms with Crippen LogP contribution < -0.4 is 10.6 Å². The fraction of sp³-hybridized carbons (Fsp3) is 0.0455. The topological polar surface area (TPSA) is 114 Å².